The predicted octanol–water partition coefficient (Wildman–Crippen LogP) is 3.00. The van der Waals surface area contributed by atoms with E-state index in [-0.39, 0.29) is 31.9 Å². The van der Waals surface area contributed by atoms with Gasteiger partial charge >= 0.3 is 6.18 Å². The summed E-state index contributed by atoms with van der Waals surface area (Å²) in [5.41, 5.74) is -1.26. The molecule has 0 radical (unpaired) electrons. The van der Waals surface area contributed by atoms with E-state index in [1.165, 1.54) is 24.3 Å². The van der Waals surface area contributed by atoms with E-state index in [2.05, 4.69) is 21.1 Å². The van der Waals surface area contributed by atoms with Gasteiger partial charge in [-0.2, -0.15) is 18.4 Å². The number of nitriles is 1. The summed E-state index contributed by atoms with van der Waals surface area (Å²) in [4.78, 5) is 35.5. The Morgan fingerprint density at radius 2 is 1.88 bits per heavy atom. The molecule has 3 N–H and O–H groups in total. The van der Waals surface area contributed by atoms with Gasteiger partial charge in [-0.15, -0.1) is 4.91 Å². The van der Waals surface area contributed by atoms with Crippen LogP contribution in [0.3, 0.4) is 0 Å². The van der Waals surface area contributed by atoms with Crippen molar-refractivity contribution >= 4 is 23.2 Å². The van der Waals surface area contributed by atoms with Crippen LogP contribution in [0, 0.1) is 16.2 Å². The van der Waals surface area contributed by atoms with E-state index in [0.717, 1.165) is 6.07 Å². The molecule has 0 saturated carbocycles. The summed E-state index contributed by atoms with van der Waals surface area (Å²) in [6.45, 7) is 0.117. The van der Waals surface area contributed by atoms with Crippen molar-refractivity contribution in [3.05, 3.63) is 64.6 Å². The zero-order chi connectivity index (χ0) is 24.8. The molecular weight excluding hydrogens is 455 g/mol. The number of anilines is 2. The Balaban J connectivity index is 1.64. The molecule has 0 aliphatic carbocycles. The zero-order valence-corrected chi connectivity index (χ0v) is 17.7. The number of carbonyl (C=O) groups is 2. The predicted molar refractivity (Wildman–Crippen MR) is 115 cm³/mol. The Hall–Kier alpha value is -3.98. The summed E-state index contributed by atoms with van der Waals surface area (Å²) in [7, 11) is 0. The standard InChI is InChI=1S/C22H20F3N5O4/c23-22(24,25)16-3-1-2-4-17(16)28-15-7-5-14(6-8-15)12-27-20(32)21(9-10-34-13-21)29-19(31)18(11-26)30-33/h1-8,18,28H,9-10,12-13H2,(H,27,32)(H,29,31)/t18?,21-/m0/s1. The van der Waals surface area contributed by atoms with Gasteiger partial charge in [0.05, 0.1) is 17.9 Å². The maximum absolute atomic E-state index is 13.2. The molecule has 2 aromatic carbocycles. The number of para-hydroxylation sites is 1. The van der Waals surface area contributed by atoms with E-state index in [1.807, 2.05) is 0 Å². The topological polar surface area (TPSA) is 133 Å². The molecule has 1 aliphatic heterocycles. The van der Waals surface area contributed by atoms with Crippen molar-refractivity contribution in [2.75, 3.05) is 18.5 Å². The fourth-order valence-corrected chi connectivity index (χ4v) is 3.39. The van der Waals surface area contributed by atoms with Crippen LogP contribution in [0.2, 0.25) is 0 Å². The Morgan fingerprint density at radius 3 is 2.47 bits per heavy atom. The molecule has 0 spiro atoms. The quantitative estimate of drug-likeness (QED) is 0.503. The number of amides is 2. The number of hydrogen-bond acceptors (Lipinski definition) is 7. The van der Waals surface area contributed by atoms with E-state index in [0.29, 0.717) is 11.3 Å². The van der Waals surface area contributed by atoms with Crippen LogP contribution >= 0.6 is 0 Å². The molecule has 34 heavy (non-hydrogen) atoms. The Morgan fingerprint density at radius 1 is 1.18 bits per heavy atom. The molecule has 3 rings (SSSR count). The number of nitrogens with zero attached hydrogens (tertiary/aromatic N) is 2. The molecule has 1 aliphatic rings. The highest BCUT2D eigenvalue weighted by atomic mass is 19.4. The number of benzene rings is 2. The molecule has 1 saturated heterocycles. The summed E-state index contributed by atoms with van der Waals surface area (Å²) < 4.78 is 44.7. The van der Waals surface area contributed by atoms with Crippen molar-refractivity contribution < 1.29 is 27.5 Å². The van der Waals surface area contributed by atoms with Crippen LogP contribution in [-0.4, -0.2) is 36.6 Å². The Kier molecular flexibility index (Phi) is 7.47. The first kappa shape index (κ1) is 24.7. The smallest absolute Gasteiger partial charge is 0.378 e. The van der Waals surface area contributed by atoms with Crippen LogP contribution in [0.5, 0.6) is 0 Å². The van der Waals surface area contributed by atoms with Gasteiger partial charge in [0.1, 0.15) is 11.6 Å². The van der Waals surface area contributed by atoms with Crippen molar-refractivity contribution in [2.24, 2.45) is 5.18 Å². The van der Waals surface area contributed by atoms with Gasteiger partial charge in [-0.05, 0) is 35.0 Å². The third-order valence-corrected chi connectivity index (χ3v) is 5.21. The first-order valence-electron chi connectivity index (χ1n) is 10.1. The van der Waals surface area contributed by atoms with Crippen molar-refractivity contribution in [1.29, 1.82) is 5.26 Å². The van der Waals surface area contributed by atoms with Crippen LogP contribution in [-0.2, 0) is 27.0 Å². The molecule has 9 nitrogen and oxygen atoms in total. The lowest BCUT2D eigenvalue weighted by molar-refractivity contribution is -0.137. The number of carbonyl (C=O) groups excluding carboxylic acids is 2. The third kappa shape index (κ3) is 5.68. The number of alkyl halides is 3. The maximum Gasteiger partial charge on any atom is 0.418 e. The Bertz CT molecular complexity index is 1090. The number of hydrogen-bond donors (Lipinski definition) is 3. The lowest BCUT2D eigenvalue weighted by Gasteiger charge is -2.27. The number of nitroso groups, excluding NO2 is 1. The highest BCUT2D eigenvalue weighted by molar-refractivity contribution is 5.94. The SMILES string of the molecule is N#CC(N=O)C(=O)N[C@@]1(C(=O)NCc2ccc(Nc3ccccc3C(F)(F)F)cc2)CCOC1. The number of halogens is 3. The van der Waals surface area contributed by atoms with Gasteiger partial charge in [-0.3, -0.25) is 9.59 Å². The van der Waals surface area contributed by atoms with E-state index >= 15 is 0 Å². The van der Waals surface area contributed by atoms with E-state index in [9.17, 15) is 27.7 Å². The van der Waals surface area contributed by atoms with Gasteiger partial charge in [0.2, 0.25) is 5.91 Å². The van der Waals surface area contributed by atoms with E-state index in [1.54, 1.807) is 24.3 Å². The van der Waals surface area contributed by atoms with Crippen LogP contribution in [0.1, 0.15) is 17.5 Å². The maximum atomic E-state index is 13.2. The minimum absolute atomic E-state index is 0.0590. The average Bonchev–Trinajstić information content (AvgIpc) is 3.28. The van der Waals surface area contributed by atoms with Gasteiger partial charge in [-0.25, -0.2) is 0 Å². The highest BCUT2D eigenvalue weighted by Gasteiger charge is 2.44. The second-order valence-corrected chi connectivity index (χ2v) is 7.56. The summed E-state index contributed by atoms with van der Waals surface area (Å²) in [6, 6.07) is 11.1. The third-order valence-electron chi connectivity index (χ3n) is 5.21. The molecule has 1 unspecified atom stereocenters. The van der Waals surface area contributed by atoms with Crippen LogP contribution in [0.25, 0.3) is 0 Å². The first-order valence-corrected chi connectivity index (χ1v) is 10.1. The second-order valence-electron chi connectivity index (χ2n) is 7.56. The van der Waals surface area contributed by atoms with Gasteiger partial charge in [0, 0.05) is 25.3 Å². The summed E-state index contributed by atoms with van der Waals surface area (Å²) >= 11 is 0. The monoisotopic (exact) mass is 475 g/mol. The molecule has 1 heterocycles. The van der Waals surface area contributed by atoms with Crippen molar-refractivity contribution in [3.63, 3.8) is 0 Å². The first-order chi connectivity index (χ1) is 16.2. The minimum Gasteiger partial charge on any atom is -0.378 e. The molecule has 2 aromatic rings. The normalized spacial score (nSPS) is 18.4. The highest BCUT2D eigenvalue weighted by Crippen LogP contribution is 2.35. The molecule has 2 amide bonds. The average molecular weight is 475 g/mol. The van der Waals surface area contributed by atoms with Crippen molar-refractivity contribution in [1.82, 2.24) is 10.6 Å². The summed E-state index contributed by atoms with van der Waals surface area (Å²) in [6.07, 6.45) is -4.36. The molecule has 12 heteroatoms. The molecular formula is C22H20F3N5O4. The van der Waals surface area contributed by atoms with E-state index < -0.39 is 35.1 Å². The largest absolute Gasteiger partial charge is 0.418 e. The molecule has 2 atom stereocenters. The van der Waals surface area contributed by atoms with Gasteiger partial charge in [0.15, 0.2) is 0 Å². The molecule has 0 aromatic heterocycles. The number of ether oxygens (including phenoxy) is 1. The van der Waals surface area contributed by atoms with Crippen molar-refractivity contribution in [2.45, 2.75) is 30.7 Å². The van der Waals surface area contributed by atoms with Gasteiger partial charge < -0.3 is 20.7 Å². The lowest BCUT2D eigenvalue weighted by atomic mass is 9.96. The van der Waals surface area contributed by atoms with E-state index in [4.69, 9.17) is 10.00 Å². The number of nitrogens with one attached hydrogen (secondary N) is 3. The van der Waals surface area contributed by atoms with Crippen LogP contribution < -0.4 is 16.0 Å². The van der Waals surface area contributed by atoms with Gasteiger partial charge in [-0.1, -0.05) is 24.3 Å². The van der Waals surface area contributed by atoms with Crippen LogP contribution in [0.4, 0.5) is 24.5 Å². The lowest BCUT2D eigenvalue weighted by Crippen LogP contribution is -2.60. The second kappa shape index (κ2) is 10.3. The molecule has 1 fully saturated rings. The van der Waals surface area contributed by atoms with Gasteiger partial charge in [0.25, 0.3) is 11.9 Å². The molecule has 178 valence electrons. The fraction of sp³-hybridized carbons (Fsp3) is 0.318. The Labute approximate surface area is 192 Å². The van der Waals surface area contributed by atoms with Crippen molar-refractivity contribution in [3.8, 4) is 6.07 Å². The number of rotatable bonds is 8. The summed E-state index contributed by atoms with van der Waals surface area (Å²) in [5, 5.41) is 19.0. The zero-order valence-electron chi connectivity index (χ0n) is 17.7. The summed E-state index contributed by atoms with van der Waals surface area (Å²) in [5.74, 6) is -1.56. The minimum atomic E-state index is -4.50. The molecule has 0 bridgehead atoms. The van der Waals surface area contributed by atoms with Crippen LogP contribution in [0.15, 0.2) is 53.7 Å². The fourth-order valence-electron chi connectivity index (χ4n) is 3.39.